The van der Waals surface area contributed by atoms with Gasteiger partial charge in [-0.15, -0.1) is 24.0 Å². The number of anilines is 1. The molecule has 0 radical (unpaired) electrons. The normalized spacial score (nSPS) is 17.3. The van der Waals surface area contributed by atoms with E-state index in [1.165, 1.54) is 11.1 Å². The molecule has 1 amide bonds. The molecular weight excluding hydrogens is 489 g/mol. The molecule has 0 bridgehead atoms. The number of nitrogens with one attached hydrogen (secondary N) is 1. The minimum Gasteiger partial charge on any atom is -0.370 e. The van der Waals surface area contributed by atoms with E-state index in [2.05, 4.69) is 51.6 Å². The molecule has 1 fully saturated rings. The number of nitrogens with zero attached hydrogens (tertiary/aromatic N) is 3. The second-order valence-corrected chi connectivity index (χ2v) is 7.81. The monoisotopic (exact) mass is 519 g/mol. The maximum atomic E-state index is 12.6. The van der Waals surface area contributed by atoms with E-state index < -0.39 is 0 Å². The van der Waals surface area contributed by atoms with E-state index in [0.717, 1.165) is 51.1 Å². The molecular formula is C23H30IN5O. The number of carbonyl (C=O) groups is 1. The number of fused-ring (bicyclic) bond motifs is 1. The van der Waals surface area contributed by atoms with Gasteiger partial charge in [-0.2, -0.15) is 0 Å². The van der Waals surface area contributed by atoms with Gasteiger partial charge < -0.3 is 16.0 Å². The predicted molar refractivity (Wildman–Crippen MR) is 132 cm³/mol. The number of likely N-dealkylation sites (tertiary alicyclic amines) is 1. The van der Waals surface area contributed by atoms with Crippen LogP contribution < -0.4 is 16.0 Å². The summed E-state index contributed by atoms with van der Waals surface area (Å²) in [6.07, 6.45) is 2.95. The Morgan fingerprint density at radius 1 is 1.03 bits per heavy atom. The van der Waals surface area contributed by atoms with Gasteiger partial charge in [-0.3, -0.25) is 9.69 Å². The molecule has 0 atom stereocenters. The van der Waals surface area contributed by atoms with Crippen LogP contribution in [-0.4, -0.2) is 49.0 Å². The van der Waals surface area contributed by atoms with Gasteiger partial charge in [0.15, 0.2) is 5.96 Å². The molecule has 2 heterocycles. The third kappa shape index (κ3) is 5.72. The molecule has 4 rings (SSSR count). The van der Waals surface area contributed by atoms with Crippen molar-refractivity contribution in [2.24, 2.45) is 10.7 Å². The third-order valence-corrected chi connectivity index (χ3v) is 5.76. The van der Waals surface area contributed by atoms with Crippen molar-refractivity contribution < 1.29 is 4.79 Å². The molecule has 2 aromatic rings. The maximum absolute atomic E-state index is 12.6. The van der Waals surface area contributed by atoms with Crippen molar-refractivity contribution in [1.82, 2.24) is 10.2 Å². The van der Waals surface area contributed by atoms with Gasteiger partial charge in [0.05, 0.1) is 0 Å². The fraction of sp³-hybridized carbons (Fsp3) is 0.391. The third-order valence-electron chi connectivity index (χ3n) is 5.76. The summed E-state index contributed by atoms with van der Waals surface area (Å²) < 4.78 is 0. The van der Waals surface area contributed by atoms with Crippen LogP contribution >= 0.6 is 24.0 Å². The summed E-state index contributed by atoms with van der Waals surface area (Å²) in [6.45, 7) is 3.86. The highest BCUT2D eigenvalue weighted by molar-refractivity contribution is 14.0. The lowest BCUT2D eigenvalue weighted by atomic mass is 10.0. The number of piperidine rings is 1. The van der Waals surface area contributed by atoms with Crippen LogP contribution in [0.1, 0.15) is 24.0 Å². The molecule has 7 heteroatoms. The summed E-state index contributed by atoms with van der Waals surface area (Å²) in [4.78, 5) is 21.1. The van der Waals surface area contributed by atoms with Crippen molar-refractivity contribution in [3.8, 4) is 0 Å². The van der Waals surface area contributed by atoms with E-state index in [1.54, 1.807) is 0 Å². The van der Waals surface area contributed by atoms with Crippen molar-refractivity contribution in [3.63, 3.8) is 0 Å². The number of amides is 1. The Balaban J connectivity index is 0.00000256. The fourth-order valence-corrected chi connectivity index (χ4v) is 4.17. The second-order valence-electron chi connectivity index (χ2n) is 7.81. The number of hydrogen-bond acceptors (Lipinski definition) is 3. The van der Waals surface area contributed by atoms with Crippen LogP contribution in [-0.2, 0) is 17.8 Å². The molecule has 160 valence electrons. The van der Waals surface area contributed by atoms with Gasteiger partial charge in [-0.05, 0) is 36.5 Å². The van der Waals surface area contributed by atoms with Crippen molar-refractivity contribution in [2.75, 3.05) is 31.1 Å². The standard InChI is InChI=1S/C23H29N5O.HI/c24-23(25-16-22(29)28-15-10-19-8-4-5-9-21(19)28)26-20-11-13-27(14-12-20)17-18-6-2-1-3-7-18;/h1-9,20H,10-17H2,(H3,24,25,26);1H. The summed E-state index contributed by atoms with van der Waals surface area (Å²) in [7, 11) is 0. The van der Waals surface area contributed by atoms with Gasteiger partial charge in [0, 0.05) is 37.9 Å². The first-order chi connectivity index (χ1) is 14.2. The van der Waals surface area contributed by atoms with Crippen molar-refractivity contribution in [2.45, 2.75) is 31.8 Å². The van der Waals surface area contributed by atoms with Gasteiger partial charge in [0.2, 0.25) is 5.91 Å². The molecule has 0 saturated carbocycles. The van der Waals surface area contributed by atoms with E-state index in [1.807, 2.05) is 23.1 Å². The molecule has 6 nitrogen and oxygen atoms in total. The van der Waals surface area contributed by atoms with E-state index in [4.69, 9.17) is 5.73 Å². The number of aliphatic imine (C=N–C) groups is 1. The maximum Gasteiger partial charge on any atom is 0.248 e. The first kappa shape index (κ1) is 22.6. The second kappa shape index (κ2) is 10.8. The van der Waals surface area contributed by atoms with Gasteiger partial charge in [0.1, 0.15) is 6.54 Å². The van der Waals surface area contributed by atoms with E-state index in [-0.39, 0.29) is 36.4 Å². The predicted octanol–water partition coefficient (Wildman–Crippen LogP) is 2.76. The fourth-order valence-electron chi connectivity index (χ4n) is 4.17. The molecule has 30 heavy (non-hydrogen) atoms. The number of para-hydroxylation sites is 1. The highest BCUT2D eigenvalue weighted by Crippen LogP contribution is 2.27. The molecule has 2 aliphatic heterocycles. The van der Waals surface area contributed by atoms with E-state index >= 15 is 0 Å². The molecule has 0 unspecified atom stereocenters. The summed E-state index contributed by atoms with van der Waals surface area (Å²) >= 11 is 0. The van der Waals surface area contributed by atoms with Crippen LogP contribution in [0.5, 0.6) is 0 Å². The van der Waals surface area contributed by atoms with Crippen LogP contribution in [0, 0.1) is 0 Å². The zero-order valence-corrected chi connectivity index (χ0v) is 19.5. The molecule has 0 aliphatic carbocycles. The zero-order valence-electron chi connectivity index (χ0n) is 17.2. The molecule has 2 aromatic carbocycles. The first-order valence-electron chi connectivity index (χ1n) is 10.4. The first-order valence-corrected chi connectivity index (χ1v) is 10.4. The lowest BCUT2D eigenvalue weighted by Crippen LogP contribution is -2.47. The average Bonchev–Trinajstić information content (AvgIpc) is 3.18. The van der Waals surface area contributed by atoms with Crippen molar-refractivity contribution in [3.05, 3.63) is 65.7 Å². The lowest BCUT2D eigenvalue weighted by Gasteiger charge is -2.32. The summed E-state index contributed by atoms with van der Waals surface area (Å²) in [5, 5.41) is 3.30. The largest absolute Gasteiger partial charge is 0.370 e. The van der Waals surface area contributed by atoms with Gasteiger partial charge in [0.25, 0.3) is 0 Å². The Morgan fingerprint density at radius 2 is 1.73 bits per heavy atom. The van der Waals surface area contributed by atoms with Crippen LogP contribution in [0.15, 0.2) is 59.6 Å². The van der Waals surface area contributed by atoms with Crippen molar-refractivity contribution in [1.29, 1.82) is 0 Å². The lowest BCUT2D eigenvalue weighted by molar-refractivity contribution is -0.117. The number of nitrogens with two attached hydrogens (primary N) is 1. The average molecular weight is 519 g/mol. The quantitative estimate of drug-likeness (QED) is 0.362. The molecule has 0 aromatic heterocycles. The molecule has 1 saturated heterocycles. The summed E-state index contributed by atoms with van der Waals surface area (Å²) in [5.74, 6) is 0.365. The van der Waals surface area contributed by atoms with Crippen LogP contribution in [0.4, 0.5) is 5.69 Å². The molecule has 3 N–H and O–H groups in total. The highest BCUT2D eigenvalue weighted by atomic mass is 127. The number of halogens is 1. The highest BCUT2D eigenvalue weighted by Gasteiger charge is 2.24. The number of guanidine groups is 1. The van der Waals surface area contributed by atoms with Gasteiger partial charge in [-0.25, -0.2) is 4.99 Å². The van der Waals surface area contributed by atoms with Crippen molar-refractivity contribution >= 4 is 41.5 Å². The summed E-state index contributed by atoms with van der Waals surface area (Å²) in [6, 6.07) is 18.9. The van der Waals surface area contributed by atoms with Crippen LogP contribution in [0.25, 0.3) is 0 Å². The minimum atomic E-state index is -0.00243. The number of carbonyl (C=O) groups excluding carboxylic acids is 1. The Kier molecular flexibility index (Phi) is 8.09. The van der Waals surface area contributed by atoms with E-state index in [0.29, 0.717) is 12.0 Å². The Bertz CT molecular complexity index is 865. The van der Waals surface area contributed by atoms with Gasteiger partial charge >= 0.3 is 0 Å². The van der Waals surface area contributed by atoms with Gasteiger partial charge in [-0.1, -0.05) is 48.5 Å². The Labute approximate surface area is 195 Å². The molecule has 2 aliphatic rings. The minimum absolute atomic E-state index is 0. The number of hydrogen-bond donors (Lipinski definition) is 2. The molecule has 0 spiro atoms. The number of benzene rings is 2. The van der Waals surface area contributed by atoms with Crippen LogP contribution in [0.2, 0.25) is 0 Å². The smallest absolute Gasteiger partial charge is 0.248 e. The topological polar surface area (TPSA) is 74.0 Å². The Hall–Kier alpha value is -2.13. The zero-order chi connectivity index (χ0) is 20.1. The van der Waals surface area contributed by atoms with E-state index in [9.17, 15) is 4.79 Å². The number of rotatable bonds is 5. The van der Waals surface area contributed by atoms with Crippen LogP contribution in [0.3, 0.4) is 0 Å². The Morgan fingerprint density at radius 3 is 2.50 bits per heavy atom. The summed E-state index contributed by atoms with van der Waals surface area (Å²) in [5.41, 5.74) is 9.63. The SMILES string of the molecule is I.NC(=NCC(=O)N1CCc2ccccc21)NC1CCN(Cc2ccccc2)CC1.